The fourth-order valence-corrected chi connectivity index (χ4v) is 1.84. The Morgan fingerprint density at radius 3 is 2.85 bits per heavy atom. The molecule has 2 aromatic heterocycles. The summed E-state index contributed by atoms with van der Waals surface area (Å²) in [5, 5.41) is 12.8. The van der Waals surface area contributed by atoms with Crippen LogP contribution in [0.5, 0.6) is 0 Å². The predicted octanol–water partition coefficient (Wildman–Crippen LogP) is 3.32. The molecular weight excluding hydrogens is 261 g/mol. The van der Waals surface area contributed by atoms with Crippen LogP contribution in [0.4, 0.5) is 4.39 Å². The van der Waals surface area contributed by atoms with Gasteiger partial charge in [-0.3, -0.25) is 0 Å². The number of hydrogen-bond acceptors (Lipinski definition) is 5. The molecule has 0 N–H and O–H groups in total. The SMILES string of the molecule is Cc1ccoc1-c1noc(-c2cccc(F)c2C#N)n1. The maximum atomic E-state index is 13.5. The van der Waals surface area contributed by atoms with E-state index in [0.29, 0.717) is 5.76 Å². The Labute approximate surface area is 113 Å². The van der Waals surface area contributed by atoms with E-state index in [1.807, 2.05) is 6.92 Å². The highest BCUT2D eigenvalue weighted by molar-refractivity contribution is 5.65. The molecule has 0 unspecified atom stereocenters. The van der Waals surface area contributed by atoms with Crippen LogP contribution < -0.4 is 0 Å². The summed E-state index contributed by atoms with van der Waals surface area (Å²) in [5.74, 6) is 0.191. The Bertz CT molecular complexity index is 814. The quantitative estimate of drug-likeness (QED) is 0.713. The van der Waals surface area contributed by atoms with Gasteiger partial charge in [0.2, 0.25) is 5.82 Å². The van der Waals surface area contributed by atoms with Crippen LogP contribution in [0.25, 0.3) is 23.0 Å². The second kappa shape index (κ2) is 4.63. The van der Waals surface area contributed by atoms with Gasteiger partial charge in [0.05, 0.1) is 11.8 Å². The normalized spacial score (nSPS) is 10.4. The second-order valence-corrected chi connectivity index (χ2v) is 4.13. The molecule has 0 saturated carbocycles. The van der Waals surface area contributed by atoms with Gasteiger partial charge in [-0.25, -0.2) is 4.39 Å². The highest BCUT2D eigenvalue weighted by Crippen LogP contribution is 2.27. The van der Waals surface area contributed by atoms with Crippen molar-refractivity contribution in [2.75, 3.05) is 0 Å². The largest absolute Gasteiger partial charge is 0.461 e. The van der Waals surface area contributed by atoms with E-state index in [-0.39, 0.29) is 22.8 Å². The first-order chi connectivity index (χ1) is 9.70. The Morgan fingerprint density at radius 2 is 2.15 bits per heavy atom. The van der Waals surface area contributed by atoms with Gasteiger partial charge in [-0.1, -0.05) is 11.2 Å². The Balaban J connectivity index is 2.10. The molecular formula is C14H8FN3O2. The molecule has 0 radical (unpaired) electrons. The number of aromatic nitrogens is 2. The van der Waals surface area contributed by atoms with E-state index in [1.54, 1.807) is 18.2 Å². The first kappa shape index (κ1) is 12.1. The van der Waals surface area contributed by atoms with Crippen LogP contribution in [0.15, 0.2) is 39.5 Å². The van der Waals surface area contributed by atoms with Crippen LogP contribution in [0.3, 0.4) is 0 Å². The molecule has 6 heteroatoms. The Morgan fingerprint density at radius 1 is 1.30 bits per heavy atom. The lowest BCUT2D eigenvalue weighted by atomic mass is 10.1. The summed E-state index contributed by atoms with van der Waals surface area (Å²) in [7, 11) is 0. The second-order valence-electron chi connectivity index (χ2n) is 4.13. The first-order valence-corrected chi connectivity index (χ1v) is 5.78. The van der Waals surface area contributed by atoms with Crippen molar-refractivity contribution in [2.24, 2.45) is 0 Å². The van der Waals surface area contributed by atoms with Crippen LogP contribution in [0.2, 0.25) is 0 Å². The third-order valence-corrected chi connectivity index (χ3v) is 2.85. The third-order valence-electron chi connectivity index (χ3n) is 2.85. The average Bonchev–Trinajstić information content (AvgIpc) is 3.06. The van der Waals surface area contributed by atoms with Crippen molar-refractivity contribution >= 4 is 0 Å². The summed E-state index contributed by atoms with van der Waals surface area (Å²) >= 11 is 0. The molecule has 5 nitrogen and oxygen atoms in total. The lowest BCUT2D eigenvalue weighted by Crippen LogP contribution is -1.89. The van der Waals surface area contributed by atoms with Gasteiger partial charge < -0.3 is 8.94 Å². The van der Waals surface area contributed by atoms with E-state index in [4.69, 9.17) is 14.2 Å². The number of halogens is 1. The average molecular weight is 269 g/mol. The minimum atomic E-state index is -0.626. The molecule has 0 amide bonds. The van der Waals surface area contributed by atoms with Crippen molar-refractivity contribution < 1.29 is 13.3 Å². The minimum Gasteiger partial charge on any atom is -0.461 e. The van der Waals surface area contributed by atoms with Gasteiger partial charge >= 0.3 is 0 Å². The molecule has 0 aliphatic heterocycles. The predicted molar refractivity (Wildman–Crippen MR) is 66.8 cm³/mol. The number of nitrogens with zero attached hydrogens (tertiary/aromatic N) is 3. The van der Waals surface area contributed by atoms with E-state index in [9.17, 15) is 4.39 Å². The summed E-state index contributed by atoms with van der Waals surface area (Å²) in [4.78, 5) is 4.14. The molecule has 98 valence electrons. The monoisotopic (exact) mass is 269 g/mol. The van der Waals surface area contributed by atoms with Crippen LogP contribution in [-0.4, -0.2) is 10.1 Å². The number of rotatable bonds is 2. The molecule has 0 fully saturated rings. The molecule has 20 heavy (non-hydrogen) atoms. The maximum Gasteiger partial charge on any atom is 0.259 e. The van der Waals surface area contributed by atoms with Gasteiger partial charge in [-0.15, -0.1) is 0 Å². The molecule has 0 saturated heterocycles. The maximum absolute atomic E-state index is 13.5. The number of benzene rings is 1. The third kappa shape index (κ3) is 1.86. The van der Waals surface area contributed by atoms with Gasteiger partial charge in [0.15, 0.2) is 5.76 Å². The van der Waals surface area contributed by atoms with Crippen molar-refractivity contribution in [3.63, 3.8) is 0 Å². The van der Waals surface area contributed by atoms with E-state index in [0.717, 1.165) is 5.56 Å². The van der Waals surface area contributed by atoms with E-state index in [2.05, 4.69) is 10.1 Å². The molecule has 1 aromatic carbocycles. The number of aryl methyl sites for hydroxylation is 1. The standard InChI is InChI=1S/C14H8FN3O2/c1-8-5-6-19-12(8)13-17-14(20-18-13)9-3-2-4-11(15)10(9)7-16/h2-6H,1H3. The molecule has 3 aromatic rings. The zero-order chi connectivity index (χ0) is 14.1. The van der Waals surface area contributed by atoms with E-state index < -0.39 is 5.82 Å². The fraction of sp³-hybridized carbons (Fsp3) is 0.0714. The van der Waals surface area contributed by atoms with E-state index in [1.165, 1.54) is 18.4 Å². The molecule has 0 aliphatic carbocycles. The van der Waals surface area contributed by atoms with Crippen LogP contribution in [0.1, 0.15) is 11.1 Å². The van der Waals surface area contributed by atoms with E-state index >= 15 is 0 Å². The number of furan rings is 1. The molecule has 3 rings (SSSR count). The summed E-state index contributed by atoms with van der Waals surface area (Å²) in [6.45, 7) is 1.84. The number of nitriles is 1. The van der Waals surface area contributed by atoms with Gasteiger partial charge in [-0.05, 0) is 30.7 Å². The lowest BCUT2D eigenvalue weighted by molar-refractivity contribution is 0.429. The molecule has 0 aliphatic rings. The first-order valence-electron chi connectivity index (χ1n) is 5.78. The highest BCUT2D eigenvalue weighted by Gasteiger charge is 2.18. The van der Waals surface area contributed by atoms with Crippen molar-refractivity contribution in [3.8, 4) is 29.1 Å². The van der Waals surface area contributed by atoms with Crippen LogP contribution >= 0.6 is 0 Å². The summed E-state index contributed by atoms with van der Waals surface area (Å²) < 4.78 is 23.9. The Kier molecular flexibility index (Phi) is 2.80. The van der Waals surface area contributed by atoms with Crippen molar-refractivity contribution in [1.82, 2.24) is 10.1 Å². The topological polar surface area (TPSA) is 75.8 Å². The van der Waals surface area contributed by atoms with Gasteiger partial charge in [-0.2, -0.15) is 10.2 Å². The van der Waals surface area contributed by atoms with Gasteiger partial charge in [0, 0.05) is 0 Å². The van der Waals surface area contributed by atoms with Crippen molar-refractivity contribution in [2.45, 2.75) is 6.92 Å². The summed E-state index contributed by atoms with van der Waals surface area (Å²) in [5.41, 5.74) is 0.992. The molecule has 2 heterocycles. The summed E-state index contributed by atoms with van der Waals surface area (Å²) in [6, 6.07) is 7.80. The highest BCUT2D eigenvalue weighted by atomic mass is 19.1. The smallest absolute Gasteiger partial charge is 0.259 e. The van der Waals surface area contributed by atoms with Crippen molar-refractivity contribution in [1.29, 1.82) is 5.26 Å². The van der Waals surface area contributed by atoms with Crippen LogP contribution in [-0.2, 0) is 0 Å². The zero-order valence-corrected chi connectivity index (χ0v) is 10.4. The summed E-state index contributed by atoms with van der Waals surface area (Å²) in [6.07, 6.45) is 1.52. The van der Waals surface area contributed by atoms with Gasteiger partial charge in [0.25, 0.3) is 5.89 Å². The fourth-order valence-electron chi connectivity index (χ4n) is 1.84. The lowest BCUT2D eigenvalue weighted by Gasteiger charge is -1.98. The molecule has 0 spiro atoms. The van der Waals surface area contributed by atoms with Crippen LogP contribution in [0, 0.1) is 24.1 Å². The van der Waals surface area contributed by atoms with Gasteiger partial charge in [0.1, 0.15) is 17.4 Å². The molecule has 0 atom stereocenters. The minimum absolute atomic E-state index is 0.0758. The Hall–Kier alpha value is -2.94. The zero-order valence-electron chi connectivity index (χ0n) is 10.4. The molecule has 0 bridgehead atoms. The van der Waals surface area contributed by atoms with Crippen molar-refractivity contribution in [3.05, 3.63) is 47.5 Å². The number of hydrogen-bond donors (Lipinski definition) is 0.